The normalized spacial score (nSPS) is 19.8. The van der Waals surface area contributed by atoms with Crippen LogP contribution in [-0.4, -0.2) is 18.5 Å². The summed E-state index contributed by atoms with van der Waals surface area (Å²) >= 11 is 7.54. The Morgan fingerprint density at radius 3 is 2.68 bits per heavy atom. The Morgan fingerprint density at radius 2 is 1.86 bits per heavy atom. The van der Waals surface area contributed by atoms with E-state index >= 15 is 0 Å². The maximum atomic E-state index is 12.3. The fourth-order valence-electron chi connectivity index (χ4n) is 2.62. The number of nitrogens with zero attached hydrogens (tertiary/aromatic N) is 1. The van der Waals surface area contributed by atoms with Gasteiger partial charge in [-0.15, -0.1) is 11.8 Å². The van der Waals surface area contributed by atoms with Crippen molar-refractivity contribution in [1.29, 1.82) is 0 Å². The van der Waals surface area contributed by atoms with Crippen LogP contribution < -0.4 is 14.4 Å². The molecule has 4 rings (SSSR count). The number of anilines is 1. The molecule has 1 atom stereocenters. The molecule has 2 aromatic rings. The van der Waals surface area contributed by atoms with Gasteiger partial charge in [-0.2, -0.15) is 0 Å². The van der Waals surface area contributed by atoms with E-state index in [0.29, 0.717) is 10.8 Å². The average molecular weight is 334 g/mol. The van der Waals surface area contributed by atoms with Crippen molar-refractivity contribution in [3.63, 3.8) is 0 Å². The van der Waals surface area contributed by atoms with Gasteiger partial charge in [0.2, 0.25) is 12.7 Å². The number of amides is 1. The van der Waals surface area contributed by atoms with E-state index < -0.39 is 0 Å². The summed E-state index contributed by atoms with van der Waals surface area (Å²) in [5.74, 6) is 2.03. The quantitative estimate of drug-likeness (QED) is 0.837. The molecule has 0 spiro atoms. The lowest BCUT2D eigenvalue weighted by atomic mass is 10.1. The van der Waals surface area contributed by atoms with Gasteiger partial charge in [0.15, 0.2) is 11.5 Å². The maximum absolute atomic E-state index is 12.3. The van der Waals surface area contributed by atoms with Crippen LogP contribution >= 0.6 is 23.4 Å². The van der Waals surface area contributed by atoms with E-state index in [2.05, 4.69) is 0 Å². The van der Waals surface area contributed by atoms with Gasteiger partial charge >= 0.3 is 0 Å². The van der Waals surface area contributed by atoms with Crippen LogP contribution in [0.1, 0.15) is 10.9 Å². The van der Waals surface area contributed by atoms with E-state index in [-0.39, 0.29) is 18.1 Å². The summed E-state index contributed by atoms with van der Waals surface area (Å²) in [7, 11) is 0. The molecule has 22 heavy (non-hydrogen) atoms. The molecule has 0 N–H and O–H groups in total. The first-order chi connectivity index (χ1) is 10.7. The highest BCUT2D eigenvalue weighted by atomic mass is 35.5. The molecular formula is C16H12ClNO3S. The number of ether oxygens (including phenoxy) is 2. The minimum absolute atomic E-state index is 0.0665. The fourth-order valence-corrected chi connectivity index (χ4v) is 3.91. The van der Waals surface area contributed by atoms with E-state index in [0.717, 1.165) is 22.7 Å². The van der Waals surface area contributed by atoms with Gasteiger partial charge in [-0.05, 0) is 42.0 Å². The molecule has 1 amide bonds. The van der Waals surface area contributed by atoms with E-state index in [1.54, 1.807) is 28.8 Å². The second-order valence-electron chi connectivity index (χ2n) is 5.02. The Morgan fingerprint density at radius 1 is 1.09 bits per heavy atom. The summed E-state index contributed by atoms with van der Waals surface area (Å²) < 4.78 is 10.8. The number of thioether (sulfide) groups is 1. The molecule has 2 heterocycles. The standard InChI is InChI=1S/C16H12ClNO3S/c17-11-2-4-12(5-3-11)18-15(19)8-22-16(18)10-1-6-13-14(7-10)21-9-20-13/h1-7,16H,8-9H2/t16-/m1/s1. The first-order valence-corrected chi connectivity index (χ1v) is 8.24. The number of carbonyl (C=O) groups is 1. The molecule has 0 radical (unpaired) electrons. The first kappa shape index (κ1) is 13.8. The number of halogens is 1. The van der Waals surface area contributed by atoms with E-state index in [1.165, 1.54) is 0 Å². The fraction of sp³-hybridized carbons (Fsp3) is 0.188. The smallest absolute Gasteiger partial charge is 0.238 e. The second-order valence-corrected chi connectivity index (χ2v) is 6.52. The first-order valence-electron chi connectivity index (χ1n) is 6.81. The maximum Gasteiger partial charge on any atom is 0.238 e. The molecule has 0 saturated carbocycles. The van der Waals surface area contributed by atoms with Crippen LogP contribution in [0.3, 0.4) is 0 Å². The summed E-state index contributed by atoms with van der Waals surface area (Å²) in [6.07, 6.45) is 0. The van der Waals surface area contributed by atoms with Gasteiger partial charge in [0.05, 0.1) is 5.75 Å². The van der Waals surface area contributed by atoms with Crippen molar-refractivity contribution in [3.8, 4) is 11.5 Å². The van der Waals surface area contributed by atoms with Gasteiger partial charge < -0.3 is 9.47 Å². The van der Waals surface area contributed by atoms with Crippen molar-refractivity contribution in [2.24, 2.45) is 0 Å². The highest BCUT2D eigenvalue weighted by molar-refractivity contribution is 8.00. The van der Waals surface area contributed by atoms with Crippen LogP contribution in [0.25, 0.3) is 0 Å². The van der Waals surface area contributed by atoms with Gasteiger partial charge in [0.1, 0.15) is 5.37 Å². The van der Waals surface area contributed by atoms with Crippen molar-refractivity contribution >= 4 is 35.0 Å². The average Bonchev–Trinajstić information content (AvgIpc) is 3.14. The Kier molecular flexibility index (Phi) is 3.39. The molecule has 0 bridgehead atoms. The SMILES string of the molecule is O=C1CS[C@H](c2ccc3c(c2)OCO3)N1c1ccc(Cl)cc1. The predicted molar refractivity (Wildman–Crippen MR) is 86.7 cm³/mol. The molecule has 2 aliphatic rings. The molecule has 0 aliphatic carbocycles. The molecule has 1 saturated heterocycles. The minimum atomic E-state index is -0.0665. The van der Waals surface area contributed by atoms with E-state index in [1.807, 2.05) is 30.3 Å². The third-order valence-corrected chi connectivity index (χ3v) is 5.12. The third kappa shape index (κ3) is 2.30. The Balaban J connectivity index is 1.71. The van der Waals surface area contributed by atoms with Crippen LogP contribution in [-0.2, 0) is 4.79 Å². The number of rotatable bonds is 2. The largest absolute Gasteiger partial charge is 0.454 e. The Bertz CT molecular complexity index is 735. The molecule has 4 nitrogen and oxygen atoms in total. The molecule has 112 valence electrons. The number of carbonyl (C=O) groups excluding carboxylic acids is 1. The topological polar surface area (TPSA) is 38.8 Å². The number of hydrogen-bond acceptors (Lipinski definition) is 4. The highest BCUT2D eigenvalue weighted by Gasteiger charge is 2.34. The number of fused-ring (bicyclic) bond motifs is 1. The zero-order chi connectivity index (χ0) is 15.1. The summed E-state index contributed by atoms with van der Waals surface area (Å²) in [6, 6.07) is 13.1. The zero-order valence-electron chi connectivity index (χ0n) is 11.5. The van der Waals surface area contributed by atoms with Gasteiger partial charge in [-0.1, -0.05) is 17.7 Å². The van der Waals surface area contributed by atoms with Gasteiger partial charge in [0.25, 0.3) is 0 Å². The molecule has 6 heteroatoms. The van der Waals surface area contributed by atoms with Crippen molar-refractivity contribution in [1.82, 2.24) is 0 Å². The Labute approximate surface area is 137 Å². The number of benzene rings is 2. The second kappa shape index (κ2) is 5.41. The monoisotopic (exact) mass is 333 g/mol. The third-order valence-electron chi connectivity index (χ3n) is 3.65. The lowest BCUT2D eigenvalue weighted by Gasteiger charge is -2.24. The van der Waals surface area contributed by atoms with Crippen molar-refractivity contribution in [2.75, 3.05) is 17.4 Å². The van der Waals surface area contributed by atoms with Crippen LogP contribution in [0, 0.1) is 0 Å². The zero-order valence-corrected chi connectivity index (χ0v) is 13.1. The molecule has 2 aromatic carbocycles. The molecule has 2 aliphatic heterocycles. The summed E-state index contributed by atoms with van der Waals surface area (Å²) in [5.41, 5.74) is 1.87. The van der Waals surface area contributed by atoms with E-state index in [9.17, 15) is 4.79 Å². The van der Waals surface area contributed by atoms with Gasteiger partial charge in [-0.3, -0.25) is 9.69 Å². The summed E-state index contributed by atoms with van der Waals surface area (Å²) in [6.45, 7) is 0.246. The lowest BCUT2D eigenvalue weighted by molar-refractivity contribution is -0.115. The van der Waals surface area contributed by atoms with Crippen LogP contribution in [0.5, 0.6) is 11.5 Å². The summed E-state index contributed by atoms with van der Waals surface area (Å²) in [5, 5.41) is 0.589. The Hall–Kier alpha value is -1.85. The van der Waals surface area contributed by atoms with Gasteiger partial charge in [-0.25, -0.2) is 0 Å². The molecule has 1 fully saturated rings. The molecule has 0 unspecified atom stereocenters. The van der Waals surface area contributed by atoms with Crippen LogP contribution in [0.4, 0.5) is 5.69 Å². The van der Waals surface area contributed by atoms with Gasteiger partial charge in [0, 0.05) is 10.7 Å². The highest BCUT2D eigenvalue weighted by Crippen LogP contribution is 2.44. The van der Waals surface area contributed by atoms with Crippen LogP contribution in [0.2, 0.25) is 5.02 Å². The van der Waals surface area contributed by atoms with Crippen LogP contribution in [0.15, 0.2) is 42.5 Å². The predicted octanol–water partition coefficient (Wildman–Crippen LogP) is 3.85. The lowest BCUT2D eigenvalue weighted by Crippen LogP contribution is -2.27. The molecule has 0 aromatic heterocycles. The molecular weight excluding hydrogens is 322 g/mol. The van der Waals surface area contributed by atoms with Crippen molar-refractivity contribution in [3.05, 3.63) is 53.1 Å². The number of hydrogen-bond donors (Lipinski definition) is 0. The van der Waals surface area contributed by atoms with E-state index in [4.69, 9.17) is 21.1 Å². The minimum Gasteiger partial charge on any atom is -0.454 e. The summed E-state index contributed by atoms with van der Waals surface area (Å²) in [4.78, 5) is 14.1. The van der Waals surface area contributed by atoms with Crippen molar-refractivity contribution < 1.29 is 14.3 Å². The van der Waals surface area contributed by atoms with Crippen molar-refractivity contribution in [2.45, 2.75) is 5.37 Å².